The third kappa shape index (κ3) is 14.2. The number of nitrogens with zero attached hydrogens (tertiary/aromatic N) is 2. The van der Waals surface area contributed by atoms with Gasteiger partial charge in [0.2, 0.25) is 0 Å². The molecule has 0 N–H and O–H groups in total. The molecule has 0 amide bonds. The maximum Gasteiger partial charge on any atom is 4.00 e. The smallest absolute Gasteiger partial charge is 0.674 e. The Morgan fingerprint density at radius 1 is 0.523 bits per heavy atom. The molecule has 0 aliphatic rings. The molecule has 5 rings (SSSR count). The van der Waals surface area contributed by atoms with Crippen LogP contribution in [0.2, 0.25) is 0 Å². The predicted molar refractivity (Wildman–Crippen MR) is 188 cm³/mol. The second-order valence-corrected chi connectivity index (χ2v) is 11.4. The molecule has 0 unspecified atom stereocenters. The van der Waals surface area contributed by atoms with Crippen molar-refractivity contribution < 1.29 is 26.2 Å². The first-order valence-corrected chi connectivity index (χ1v) is 14.9. The van der Waals surface area contributed by atoms with E-state index in [1.54, 1.807) is 0 Å². The van der Waals surface area contributed by atoms with E-state index >= 15 is 0 Å². The molecule has 1 heterocycles. The number of hydrogen-bond acceptors (Lipinski definition) is 1. The van der Waals surface area contributed by atoms with Crippen LogP contribution in [0.4, 0.5) is 5.69 Å². The first-order chi connectivity index (χ1) is 20.5. The van der Waals surface area contributed by atoms with Crippen LogP contribution in [-0.2, 0) is 31.7 Å². The Hall–Kier alpha value is -3.68. The Bertz CT molecular complexity index is 1300. The Morgan fingerprint density at radius 2 is 0.886 bits per heavy atom. The van der Waals surface area contributed by atoms with Crippen molar-refractivity contribution in [1.82, 2.24) is 4.98 Å². The molecule has 0 spiro atoms. The van der Waals surface area contributed by atoms with E-state index in [1.165, 1.54) is 11.1 Å². The van der Waals surface area contributed by atoms with Crippen LogP contribution in [0, 0.1) is 20.8 Å². The summed E-state index contributed by atoms with van der Waals surface area (Å²) in [6.45, 7) is 24.3. The third-order valence-electron chi connectivity index (χ3n) is 6.55. The molecule has 3 heteroatoms. The number of para-hydroxylation sites is 1. The summed E-state index contributed by atoms with van der Waals surface area (Å²) >= 11 is 0. The van der Waals surface area contributed by atoms with Crippen LogP contribution < -0.4 is 0 Å². The summed E-state index contributed by atoms with van der Waals surface area (Å²) in [5.41, 5.74) is 7.65. The van der Waals surface area contributed by atoms with E-state index in [1.807, 2.05) is 109 Å². The molecular formula is C41H48N2Zr. The zero-order chi connectivity index (χ0) is 31.7. The molecule has 0 saturated heterocycles. The Balaban J connectivity index is 0.000000355. The molecule has 2 nitrogen and oxygen atoms in total. The molecule has 0 atom stereocenters. The van der Waals surface area contributed by atoms with Gasteiger partial charge in [0.15, 0.2) is 0 Å². The van der Waals surface area contributed by atoms with Crippen molar-refractivity contribution in [3.8, 4) is 0 Å². The van der Waals surface area contributed by atoms with Crippen LogP contribution in [0.1, 0.15) is 86.9 Å². The normalized spacial score (nSPS) is 10.1. The SMILES string of the molecule is CC(C)c1cccc(C(C)C)c1[N-]C(C)(C)c1ccccn1.[CH2-]c1ccccc1.[CH2-]c1ccccc1.[CH2-]c1ccccc1.[Zr+4]. The second kappa shape index (κ2) is 20.3. The molecule has 0 aliphatic carbocycles. The Morgan fingerprint density at radius 3 is 1.16 bits per heavy atom. The number of benzene rings is 4. The monoisotopic (exact) mass is 658 g/mol. The van der Waals surface area contributed by atoms with E-state index in [0.717, 1.165) is 28.1 Å². The Kier molecular flexibility index (Phi) is 17.7. The van der Waals surface area contributed by atoms with Crippen LogP contribution in [-0.4, -0.2) is 4.98 Å². The first kappa shape index (κ1) is 38.3. The van der Waals surface area contributed by atoms with E-state index in [0.29, 0.717) is 11.8 Å². The van der Waals surface area contributed by atoms with E-state index in [4.69, 9.17) is 5.32 Å². The summed E-state index contributed by atoms with van der Waals surface area (Å²) in [6.07, 6.45) is 1.84. The molecule has 0 saturated carbocycles. The van der Waals surface area contributed by atoms with Gasteiger partial charge in [-0.05, 0) is 24.0 Å². The largest absolute Gasteiger partial charge is 4.00 e. The van der Waals surface area contributed by atoms with Crippen molar-refractivity contribution in [3.05, 3.63) is 193 Å². The molecule has 44 heavy (non-hydrogen) atoms. The molecule has 0 bridgehead atoms. The zero-order valence-electron chi connectivity index (χ0n) is 27.4. The molecule has 4 aromatic carbocycles. The van der Waals surface area contributed by atoms with Gasteiger partial charge in [-0.15, -0.1) is 42.1 Å². The molecule has 1 aromatic heterocycles. The van der Waals surface area contributed by atoms with E-state index < -0.39 is 0 Å². The van der Waals surface area contributed by atoms with Crippen LogP contribution in [0.3, 0.4) is 0 Å². The van der Waals surface area contributed by atoms with Gasteiger partial charge in [0, 0.05) is 11.9 Å². The molecule has 0 aliphatic heterocycles. The summed E-state index contributed by atoms with van der Waals surface area (Å²) in [6, 6.07) is 42.2. The quantitative estimate of drug-likeness (QED) is 0.173. The number of aromatic nitrogens is 1. The Labute approximate surface area is 287 Å². The minimum absolute atomic E-state index is 0. The van der Waals surface area contributed by atoms with Crippen LogP contribution in [0.25, 0.3) is 5.32 Å². The van der Waals surface area contributed by atoms with Crippen molar-refractivity contribution in [2.24, 2.45) is 0 Å². The van der Waals surface area contributed by atoms with Gasteiger partial charge >= 0.3 is 26.2 Å². The molecule has 0 radical (unpaired) electrons. The van der Waals surface area contributed by atoms with E-state index in [-0.39, 0.29) is 31.7 Å². The van der Waals surface area contributed by atoms with Gasteiger partial charge < -0.3 is 5.32 Å². The maximum atomic E-state index is 5.14. The zero-order valence-corrected chi connectivity index (χ0v) is 29.8. The minimum atomic E-state index is -0.337. The molecule has 226 valence electrons. The number of hydrogen-bond donors (Lipinski definition) is 0. The average molecular weight is 660 g/mol. The van der Waals surface area contributed by atoms with Gasteiger partial charge in [-0.3, -0.25) is 4.98 Å². The summed E-state index contributed by atoms with van der Waals surface area (Å²) in [5.74, 6) is 0.911. The van der Waals surface area contributed by atoms with Crippen molar-refractivity contribution in [2.45, 2.75) is 58.9 Å². The number of pyridine rings is 1. The van der Waals surface area contributed by atoms with Crippen LogP contribution >= 0.6 is 0 Å². The van der Waals surface area contributed by atoms with Gasteiger partial charge in [-0.1, -0.05) is 101 Å². The molecular weight excluding hydrogens is 612 g/mol. The summed E-state index contributed by atoms with van der Waals surface area (Å²) < 4.78 is 0. The van der Waals surface area contributed by atoms with Crippen molar-refractivity contribution in [1.29, 1.82) is 0 Å². The van der Waals surface area contributed by atoms with Crippen molar-refractivity contribution in [2.75, 3.05) is 0 Å². The predicted octanol–water partition coefficient (Wildman–Crippen LogP) is 11.9. The maximum absolute atomic E-state index is 5.14. The fraction of sp³-hybridized carbons (Fsp3) is 0.220. The van der Waals surface area contributed by atoms with E-state index in [9.17, 15) is 0 Å². The van der Waals surface area contributed by atoms with E-state index in [2.05, 4.69) is 91.6 Å². The van der Waals surface area contributed by atoms with Gasteiger partial charge in [-0.2, -0.15) is 73.9 Å². The second-order valence-electron chi connectivity index (χ2n) is 11.4. The fourth-order valence-electron chi connectivity index (χ4n) is 4.14. The average Bonchev–Trinajstić information content (AvgIpc) is 2.99. The van der Waals surface area contributed by atoms with Gasteiger partial charge in [0.05, 0.1) is 0 Å². The minimum Gasteiger partial charge on any atom is -0.674 e. The summed E-state index contributed by atoms with van der Waals surface area (Å²) in [5, 5.41) is 5.14. The molecule has 0 fully saturated rings. The summed E-state index contributed by atoms with van der Waals surface area (Å²) in [4.78, 5) is 4.50. The topological polar surface area (TPSA) is 27.0 Å². The van der Waals surface area contributed by atoms with Crippen molar-refractivity contribution in [3.63, 3.8) is 0 Å². The van der Waals surface area contributed by atoms with Gasteiger partial charge in [-0.25, -0.2) is 0 Å². The first-order valence-electron chi connectivity index (χ1n) is 14.9. The van der Waals surface area contributed by atoms with Gasteiger partial charge in [0.1, 0.15) is 0 Å². The summed E-state index contributed by atoms with van der Waals surface area (Å²) in [7, 11) is 0. The third-order valence-corrected chi connectivity index (χ3v) is 6.55. The van der Waals surface area contributed by atoms with Crippen LogP contribution in [0.5, 0.6) is 0 Å². The number of rotatable bonds is 5. The van der Waals surface area contributed by atoms with Gasteiger partial charge in [0.25, 0.3) is 0 Å². The van der Waals surface area contributed by atoms with Crippen molar-refractivity contribution >= 4 is 5.69 Å². The molecule has 5 aromatic rings. The van der Waals surface area contributed by atoms with Crippen LogP contribution in [0.15, 0.2) is 134 Å². The standard InChI is InChI=1S/C20H27N2.3C7H7.Zr/c1-14(2)16-10-9-11-17(15(3)4)19(16)22-20(5,6)18-12-7-8-13-21-18;3*1-7-5-3-2-4-6-7;/h7-15H,1-6H3;3*2-6H,1H2;/q4*-1;+4. The fourth-order valence-corrected chi connectivity index (χ4v) is 4.14.